The van der Waals surface area contributed by atoms with Gasteiger partial charge in [-0.1, -0.05) is 22.9 Å². The number of rotatable bonds is 4. The first-order valence-corrected chi connectivity index (χ1v) is 10.3. The molecule has 1 aliphatic heterocycles. The summed E-state index contributed by atoms with van der Waals surface area (Å²) >= 11 is 7.57. The van der Waals surface area contributed by atoms with Crippen molar-refractivity contribution < 1.29 is 14.3 Å². The van der Waals surface area contributed by atoms with E-state index in [9.17, 15) is 9.59 Å². The number of nitrogens with one attached hydrogen (secondary N) is 1. The zero-order chi connectivity index (χ0) is 20.7. The molecule has 1 fully saturated rings. The van der Waals surface area contributed by atoms with Gasteiger partial charge in [0.05, 0.1) is 30.5 Å². The van der Waals surface area contributed by atoms with Gasteiger partial charge in [-0.3, -0.25) is 4.79 Å². The van der Waals surface area contributed by atoms with Crippen LogP contribution in [0.1, 0.15) is 27.8 Å². The third-order valence-electron chi connectivity index (χ3n) is 5.33. The molecule has 1 saturated heterocycles. The number of fused-ring (bicyclic) bond motifs is 1. The number of thiazole rings is 1. The van der Waals surface area contributed by atoms with Crippen molar-refractivity contribution in [1.29, 1.82) is 0 Å². The van der Waals surface area contributed by atoms with E-state index in [0.29, 0.717) is 34.9 Å². The molecule has 0 aliphatic carbocycles. The van der Waals surface area contributed by atoms with Crippen LogP contribution < -0.4 is 10.5 Å². The number of aryl methyl sites for hydroxylation is 1. The fraction of sp³-hybridized carbons (Fsp3) is 0.421. The molecule has 1 aliphatic rings. The maximum absolute atomic E-state index is 13.1. The van der Waals surface area contributed by atoms with Crippen molar-refractivity contribution in [3.63, 3.8) is 0 Å². The molecule has 0 aromatic carbocycles. The van der Waals surface area contributed by atoms with Crippen molar-refractivity contribution in [1.82, 2.24) is 14.5 Å². The number of esters is 1. The molecule has 4 heterocycles. The van der Waals surface area contributed by atoms with Crippen LogP contribution in [0.5, 0.6) is 0 Å². The summed E-state index contributed by atoms with van der Waals surface area (Å²) in [5, 5.41) is 2.04. The highest BCUT2D eigenvalue weighted by molar-refractivity contribution is 7.17. The Labute approximate surface area is 176 Å². The largest absolute Gasteiger partial charge is 0.465 e. The molecular weight excluding hydrogens is 416 g/mol. The molecule has 3 aromatic rings. The number of piperidine rings is 1. The summed E-state index contributed by atoms with van der Waals surface area (Å²) in [4.78, 5) is 34.7. The summed E-state index contributed by atoms with van der Waals surface area (Å²) in [6.45, 7) is 3.09. The van der Waals surface area contributed by atoms with Crippen LogP contribution in [0.15, 0.2) is 23.3 Å². The number of methoxy groups -OCH3 is 2. The average molecular weight is 437 g/mol. The van der Waals surface area contributed by atoms with Gasteiger partial charge in [0, 0.05) is 37.5 Å². The SMILES string of the molecule is COC(=O)c1cnc(N2CC[C@H](n3ccc4c(Cl)c(C)[nH]c4c3=O)[C@H](OC)C2)s1. The van der Waals surface area contributed by atoms with Crippen molar-refractivity contribution >= 4 is 44.9 Å². The van der Waals surface area contributed by atoms with Gasteiger partial charge < -0.3 is 23.9 Å². The zero-order valence-electron chi connectivity index (χ0n) is 16.3. The Hall–Kier alpha value is -2.36. The lowest BCUT2D eigenvalue weighted by Crippen LogP contribution is -2.47. The number of nitrogens with zero attached hydrogens (tertiary/aromatic N) is 3. The Morgan fingerprint density at radius 2 is 2.21 bits per heavy atom. The number of hydrogen-bond donors (Lipinski definition) is 1. The van der Waals surface area contributed by atoms with E-state index in [1.165, 1.54) is 24.6 Å². The third-order valence-corrected chi connectivity index (χ3v) is 6.86. The average Bonchev–Trinajstić information content (AvgIpc) is 3.34. The molecule has 0 radical (unpaired) electrons. The lowest BCUT2D eigenvalue weighted by atomic mass is 10.0. The number of hydrogen-bond acceptors (Lipinski definition) is 7. The second-order valence-corrected chi connectivity index (χ2v) is 8.34. The minimum atomic E-state index is -0.397. The lowest BCUT2D eigenvalue weighted by molar-refractivity contribution is 0.0463. The van der Waals surface area contributed by atoms with Gasteiger partial charge in [-0.25, -0.2) is 9.78 Å². The predicted octanol–water partition coefficient (Wildman–Crippen LogP) is 3.00. The molecule has 0 amide bonds. The molecule has 2 atom stereocenters. The number of pyridine rings is 1. The van der Waals surface area contributed by atoms with Gasteiger partial charge in [0.2, 0.25) is 0 Å². The summed E-state index contributed by atoms with van der Waals surface area (Å²) in [6.07, 6.45) is 3.80. The van der Waals surface area contributed by atoms with E-state index < -0.39 is 5.97 Å². The van der Waals surface area contributed by atoms with Crippen LogP contribution in [-0.2, 0) is 9.47 Å². The molecule has 29 heavy (non-hydrogen) atoms. The van der Waals surface area contributed by atoms with E-state index >= 15 is 0 Å². The Balaban J connectivity index is 1.60. The first-order valence-electron chi connectivity index (χ1n) is 9.15. The van der Waals surface area contributed by atoms with E-state index in [1.54, 1.807) is 17.9 Å². The normalized spacial score (nSPS) is 19.7. The molecule has 0 saturated carbocycles. The van der Waals surface area contributed by atoms with Gasteiger partial charge in [0.15, 0.2) is 5.13 Å². The van der Waals surface area contributed by atoms with Crippen molar-refractivity contribution in [2.45, 2.75) is 25.5 Å². The van der Waals surface area contributed by atoms with Crippen LogP contribution in [0.4, 0.5) is 5.13 Å². The van der Waals surface area contributed by atoms with Crippen molar-refractivity contribution in [3.05, 3.63) is 44.4 Å². The summed E-state index contributed by atoms with van der Waals surface area (Å²) < 4.78 is 12.2. The summed E-state index contributed by atoms with van der Waals surface area (Å²) in [5.41, 5.74) is 1.18. The molecule has 10 heteroatoms. The highest BCUT2D eigenvalue weighted by Gasteiger charge is 2.33. The zero-order valence-corrected chi connectivity index (χ0v) is 17.8. The minimum Gasteiger partial charge on any atom is -0.465 e. The minimum absolute atomic E-state index is 0.111. The van der Waals surface area contributed by atoms with Gasteiger partial charge in [0.1, 0.15) is 10.4 Å². The van der Waals surface area contributed by atoms with Gasteiger partial charge in [0.25, 0.3) is 5.56 Å². The topological polar surface area (TPSA) is 89.5 Å². The molecule has 1 N–H and O–H groups in total. The number of H-pyrrole nitrogens is 1. The third kappa shape index (κ3) is 3.43. The van der Waals surface area contributed by atoms with E-state index in [4.69, 9.17) is 21.1 Å². The highest BCUT2D eigenvalue weighted by atomic mass is 35.5. The molecular formula is C19H21ClN4O4S. The molecule has 0 spiro atoms. The Morgan fingerprint density at radius 1 is 1.41 bits per heavy atom. The predicted molar refractivity (Wildman–Crippen MR) is 112 cm³/mol. The summed E-state index contributed by atoms with van der Waals surface area (Å²) in [7, 11) is 2.99. The first-order chi connectivity index (χ1) is 13.9. The van der Waals surface area contributed by atoms with Crippen LogP contribution in [0, 0.1) is 6.92 Å². The van der Waals surface area contributed by atoms with E-state index in [2.05, 4.69) is 14.9 Å². The van der Waals surface area contributed by atoms with Gasteiger partial charge in [-0.15, -0.1) is 0 Å². The Morgan fingerprint density at radius 3 is 2.93 bits per heavy atom. The maximum atomic E-state index is 13.1. The number of aromatic nitrogens is 3. The molecule has 0 unspecified atom stereocenters. The molecule has 4 rings (SSSR count). The summed E-state index contributed by atoms with van der Waals surface area (Å²) in [6, 6.07) is 1.75. The quantitative estimate of drug-likeness (QED) is 0.632. The molecule has 0 bridgehead atoms. The number of carbonyl (C=O) groups is 1. The second kappa shape index (κ2) is 7.81. The number of anilines is 1. The van der Waals surface area contributed by atoms with E-state index in [1.807, 2.05) is 13.0 Å². The monoisotopic (exact) mass is 436 g/mol. The fourth-order valence-corrected chi connectivity index (χ4v) is 4.87. The van der Waals surface area contributed by atoms with Crippen LogP contribution in [-0.4, -0.2) is 53.9 Å². The first kappa shape index (κ1) is 19.9. The number of halogens is 1. The number of aromatic amines is 1. The van der Waals surface area contributed by atoms with E-state index in [0.717, 1.165) is 16.2 Å². The van der Waals surface area contributed by atoms with Gasteiger partial charge in [-0.05, 0) is 19.4 Å². The van der Waals surface area contributed by atoms with Crippen LogP contribution in [0.3, 0.4) is 0 Å². The fourth-order valence-electron chi connectivity index (χ4n) is 3.79. The number of ether oxygens (including phenoxy) is 2. The Bertz CT molecular complexity index is 1120. The summed E-state index contributed by atoms with van der Waals surface area (Å²) in [5.74, 6) is -0.397. The van der Waals surface area contributed by atoms with Gasteiger partial charge in [-0.2, -0.15) is 0 Å². The number of carbonyl (C=O) groups excluding carboxylic acids is 1. The Kier molecular flexibility index (Phi) is 5.37. The van der Waals surface area contributed by atoms with Gasteiger partial charge >= 0.3 is 5.97 Å². The lowest BCUT2D eigenvalue weighted by Gasteiger charge is -2.38. The van der Waals surface area contributed by atoms with Crippen LogP contribution >= 0.6 is 22.9 Å². The van der Waals surface area contributed by atoms with Crippen molar-refractivity contribution in [2.75, 3.05) is 32.2 Å². The highest BCUT2D eigenvalue weighted by Crippen LogP contribution is 2.31. The molecule has 8 nitrogen and oxygen atoms in total. The maximum Gasteiger partial charge on any atom is 0.349 e. The second-order valence-electron chi connectivity index (χ2n) is 6.96. The molecule has 154 valence electrons. The van der Waals surface area contributed by atoms with Crippen molar-refractivity contribution in [2.24, 2.45) is 0 Å². The van der Waals surface area contributed by atoms with E-state index in [-0.39, 0.29) is 17.7 Å². The smallest absolute Gasteiger partial charge is 0.349 e. The standard InChI is InChI=1S/C19H21ClN4O4S/c1-10-15(20)11-4-7-24(17(25)16(11)22-10)12-5-6-23(9-13(12)27-2)19-21-8-14(29-19)18(26)28-3/h4,7-8,12-13,22H,5-6,9H2,1-3H3/t12-,13+/m0/s1. The van der Waals surface area contributed by atoms with Crippen LogP contribution in [0.2, 0.25) is 5.02 Å². The van der Waals surface area contributed by atoms with Crippen molar-refractivity contribution in [3.8, 4) is 0 Å². The van der Waals surface area contributed by atoms with Crippen LogP contribution in [0.25, 0.3) is 10.9 Å². The molecule has 3 aromatic heterocycles.